The first-order valence-corrected chi connectivity index (χ1v) is 10.9. The van der Waals surface area contributed by atoms with Crippen molar-refractivity contribution in [1.29, 1.82) is 0 Å². The van der Waals surface area contributed by atoms with Gasteiger partial charge in [0, 0.05) is 39.2 Å². The molecule has 2 rings (SSSR count). The van der Waals surface area contributed by atoms with Gasteiger partial charge in [0.25, 0.3) is 0 Å². The molecule has 1 aliphatic heterocycles. The minimum Gasteiger partial charge on any atom is -0.370 e. The molecule has 1 unspecified atom stereocenters. The summed E-state index contributed by atoms with van der Waals surface area (Å²) >= 11 is 0. The Morgan fingerprint density at radius 1 is 1.24 bits per heavy atom. The molecule has 0 radical (unpaired) electrons. The van der Waals surface area contributed by atoms with Crippen LogP contribution in [0.15, 0.2) is 29.2 Å². The second-order valence-electron chi connectivity index (χ2n) is 7.32. The normalized spacial score (nSPS) is 17.2. The van der Waals surface area contributed by atoms with E-state index in [9.17, 15) is 22.8 Å². The lowest BCUT2D eigenvalue weighted by molar-refractivity contribution is -0.133. The third-order valence-electron chi connectivity index (χ3n) is 4.91. The number of rotatable bonds is 8. The van der Waals surface area contributed by atoms with Gasteiger partial charge in [-0.25, -0.2) is 8.42 Å². The van der Waals surface area contributed by atoms with Crippen molar-refractivity contribution in [3.63, 3.8) is 0 Å². The van der Waals surface area contributed by atoms with Gasteiger partial charge in [-0.1, -0.05) is 0 Å². The number of carbonyl (C=O) groups excluding carboxylic acids is 3. The zero-order valence-electron chi connectivity index (χ0n) is 16.8. The highest BCUT2D eigenvalue weighted by atomic mass is 32.2. The SMILES string of the molecule is CC(=O)Nc1ccc(S(=O)(=O)N(C)CC(=O)N2CCCC(CCC(N)=O)C2)cc1. The van der Waals surface area contributed by atoms with Gasteiger partial charge in [-0.3, -0.25) is 14.4 Å². The smallest absolute Gasteiger partial charge is 0.243 e. The van der Waals surface area contributed by atoms with Crippen molar-refractivity contribution < 1.29 is 22.8 Å². The molecule has 0 aliphatic carbocycles. The van der Waals surface area contributed by atoms with Crippen molar-refractivity contribution in [2.45, 2.75) is 37.5 Å². The summed E-state index contributed by atoms with van der Waals surface area (Å²) in [6.07, 6.45) is 2.66. The molecule has 1 saturated heterocycles. The van der Waals surface area contributed by atoms with E-state index >= 15 is 0 Å². The van der Waals surface area contributed by atoms with Gasteiger partial charge in [0.15, 0.2) is 0 Å². The van der Waals surface area contributed by atoms with Gasteiger partial charge in [-0.05, 0) is 49.4 Å². The van der Waals surface area contributed by atoms with Crippen molar-refractivity contribution in [3.05, 3.63) is 24.3 Å². The number of hydrogen-bond acceptors (Lipinski definition) is 5. The van der Waals surface area contributed by atoms with Crippen molar-refractivity contribution in [2.75, 3.05) is 32.0 Å². The fourth-order valence-corrected chi connectivity index (χ4v) is 4.46. The standard InChI is InChI=1S/C19H28N4O5S/c1-14(24)21-16-6-8-17(9-7-16)29(27,28)22(2)13-19(26)23-11-3-4-15(12-23)5-10-18(20)25/h6-9,15H,3-5,10-13H2,1-2H3,(H2,20,25)(H,21,24). The molecule has 1 heterocycles. The molecule has 1 aliphatic rings. The van der Waals surface area contributed by atoms with Crippen LogP contribution in [0.5, 0.6) is 0 Å². The van der Waals surface area contributed by atoms with Crippen molar-refractivity contribution in [1.82, 2.24) is 9.21 Å². The van der Waals surface area contributed by atoms with Gasteiger partial charge in [-0.15, -0.1) is 0 Å². The lowest BCUT2D eigenvalue weighted by atomic mass is 9.93. The number of benzene rings is 1. The highest BCUT2D eigenvalue weighted by Gasteiger charge is 2.28. The van der Waals surface area contributed by atoms with Crippen LogP contribution >= 0.6 is 0 Å². The molecule has 1 aromatic carbocycles. The molecule has 1 aromatic rings. The number of nitrogens with two attached hydrogens (primary N) is 1. The summed E-state index contributed by atoms with van der Waals surface area (Å²) in [5, 5.41) is 2.57. The Labute approximate surface area is 171 Å². The molecule has 29 heavy (non-hydrogen) atoms. The van der Waals surface area contributed by atoms with Gasteiger partial charge in [0.1, 0.15) is 0 Å². The minimum atomic E-state index is -3.84. The van der Waals surface area contributed by atoms with Crippen LogP contribution in [-0.4, -0.2) is 62.0 Å². The molecule has 0 bridgehead atoms. The van der Waals surface area contributed by atoms with Crippen LogP contribution in [0.25, 0.3) is 0 Å². The summed E-state index contributed by atoms with van der Waals surface area (Å²) in [5.41, 5.74) is 5.68. The number of piperidine rings is 1. The first-order chi connectivity index (χ1) is 13.6. The molecule has 160 valence electrons. The van der Waals surface area contributed by atoms with E-state index < -0.39 is 10.0 Å². The van der Waals surface area contributed by atoms with Crippen LogP contribution in [0.2, 0.25) is 0 Å². The summed E-state index contributed by atoms with van der Waals surface area (Å²) < 4.78 is 26.5. The first-order valence-electron chi connectivity index (χ1n) is 9.49. The van der Waals surface area contributed by atoms with Gasteiger partial charge in [0.2, 0.25) is 27.7 Å². The van der Waals surface area contributed by atoms with Gasteiger partial charge >= 0.3 is 0 Å². The van der Waals surface area contributed by atoms with E-state index in [0.29, 0.717) is 25.2 Å². The van der Waals surface area contributed by atoms with Crippen molar-refractivity contribution >= 4 is 33.4 Å². The van der Waals surface area contributed by atoms with E-state index in [1.165, 1.54) is 38.2 Å². The van der Waals surface area contributed by atoms with E-state index in [-0.39, 0.29) is 41.5 Å². The first kappa shape index (κ1) is 22.8. The van der Waals surface area contributed by atoms with Gasteiger partial charge < -0.3 is 16.0 Å². The number of anilines is 1. The van der Waals surface area contributed by atoms with Crippen LogP contribution in [0.4, 0.5) is 5.69 Å². The van der Waals surface area contributed by atoms with Crippen molar-refractivity contribution in [3.8, 4) is 0 Å². The number of sulfonamides is 1. The van der Waals surface area contributed by atoms with E-state index in [2.05, 4.69) is 5.32 Å². The summed E-state index contributed by atoms with van der Waals surface area (Å²) in [6.45, 7) is 2.18. The number of nitrogens with one attached hydrogen (secondary N) is 1. The fraction of sp³-hybridized carbons (Fsp3) is 0.526. The summed E-state index contributed by atoms with van der Waals surface area (Å²) in [4.78, 5) is 36.4. The monoisotopic (exact) mass is 424 g/mol. The van der Waals surface area contributed by atoms with Crippen LogP contribution in [-0.2, 0) is 24.4 Å². The predicted octanol–water partition coefficient (Wildman–Crippen LogP) is 0.770. The molecule has 1 atom stereocenters. The molecule has 3 N–H and O–H groups in total. The molecule has 0 saturated carbocycles. The number of nitrogens with zero attached hydrogens (tertiary/aromatic N) is 2. The Balaban J connectivity index is 1.98. The Bertz CT molecular complexity index is 854. The second-order valence-corrected chi connectivity index (χ2v) is 9.36. The number of hydrogen-bond donors (Lipinski definition) is 2. The lowest BCUT2D eigenvalue weighted by Gasteiger charge is -2.33. The quantitative estimate of drug-likeness (QED) is 0.637. The maximum Gasteiger partial charge on any atom is 0.243 e. The number of likely N-dealkylation sites (N-methyl/N-ethyl adjacent to an activating group) is 1. The summed E-state index contributed by atoms with van der Waals surface area (Å²) in [5.74, 6) is -0.680. The molecule has 1 fully saturated rings. The summed E-state index contributed by atoms with van der Waals surface area (Å²) in [6, 6.07) is 5.78. The highest BCUT2D eigenvalue weighted by Crippen LogP contribution is 2.22. The maximum absolute atomic E-state index is 12.7. The van der Waals surface area contributed by atoms with Gasteiger partial charge in [-0.2, -0.15) is 4.31 Å². The van der Waals surface area contributed by atoms with Crippen LogP contribution in [0.3, 0.4) is 0 Å². The Morgan fingerprint density at radius 2 is 1.90 bits per heavy atom. The molecule has 3 amide bonds. The lowest BCUT2D eigenvalue weighted by Crippen LogP contribution is -2.45. The van der Waals surface area contributed by atoms with Gasteiger partial charge in [0.05, 0.1) is 11.4 Å². The third-order valence-corrected chi connectivity index (χ3v) is 6.73. The molecule has 9 nitrogen and oxygen atoms in total. The average molecular weight is 425 g/mol. The molecule has 10 heteroatoms. The maximum atomic E-state index is 12.7. The van der Waals surface area contributed by atoms with Crippen LogP contribution in [0.1, 0.15) is 32.6 Å². The number of primary amides is 1. The Kier molecular flexibility index (Phi) is 7.74. The number of carbonyl (C=O) groups is 3. The molecule has 0 spiro atoms. The Hall–Kier alpha value is -2.46. The van der Waals surface area contributed by atoms with E-state index in [1.807, 2.05) is 0 Å². The molecular formula is C19H28N4O5S. The number of amides is 3. The van der Waals surface area contributed by atoms with E-state index in [1.54, 1.807) is 4.90 Å². The molecule has 0 aromatic heterocycles. The minimum absolute atomic E-state index is 0.0416. The molecular weight excluding hydrogens is 396 g/mol. The van der Waals surface area contributed by atoms with Crippen LogP contribution < -0.4 is 11.1 Å². The second kappa shape index (κ2) is 9.84. The largest absolute Gasteiger partial charge is 0.370 e. The highest BCUT2D eigenvalue weighted by molar-refractivity contribution is 7.89. The van der Waals surface area contributed by atoms with E-state index in [4.69, 9.17) is 5.73 Å². The third kappa shape index (κ3) is 6.53. The van der Waals surface area contributed by atoms with Crippen molar-refractivity contribution in [2.24, 2.45) is 11.7 Å². The van der Waals surface area contributed by atoms with E-state index in [0.717, 1.165) is 17.1 Å². The zero-order chi connectivity index (χ0) is 21.6. The summed E-state index contributed by atoms with van der Waals surface area (Å²) in [7, 11) is -2.48. The van der Waals surface area contributed by atoms with Crippen LogP contribution in [0, 0.1) is 5.92 Å². The Morgan fingerprint density at radius 3 is 2.48 bits per heavy atom. The fourth-order valence-electron chi connectivity index (χ4n) is 3.34. The average Bonchev–Trinajstić information content (AvgIpc) is 2.66. The topological polar surface area (TPSA) is 130 Å². The number of likely N-dealkylation sites (tertiary alicyclic amines) is 1. The predicted molar refractivity (Wildman–Crippen MR) is 108 cm³/mol. The zero-order valence-corrected chi connectivity index (χ0v) is 17.6.